The van der Waals surface area contributed by atoms with Crippen LogP contribution < -0.4 is 10.2 Å². The summed E-state index contributed by atoms with van der Waals surface area (Å²) in [5, 5.41) is 2.64. The minimum absolute atomic E-state index is 0.102. The molecule has 0 aromatic heterocycles. The van der Waals surface area contributed by atoms with E-state index in [0.29, 0.717) is 37.6 Å². The molecule has 0 radical (unpaired) electrons. The number of carbonyl (C=O) groups excluding carboxylic acids is 1. The Morgan fingerprint density at radius 1 is 1.24 bits per heavy atom. The molecule has 7 heteroatoms. The van der Waals surface area contributed by atoms with Crippen LogP contribution in [0.25, 0.3) is 0 Å². The average molecular weight is 364 g/mol. The summed E-state index contributed by atoms with van der Waals surface area (Å²) < 4.78 is 27.6. The maximum absolute atomic E-state index is 13.0. The fraction of sp³-hybridized carbons (Fsp3) is 0.500. The van der Waals surface area contributed by atoms with Crippen LogP contribution in [-0.2, 0) is 14.8 Å². The zero-order valence-electron chi connectivity index (χ0n) is 15.1. The number of aryl methyl sites for hydroxylation is 3. The van der Waals surface area contributed by atoms with Gasteiger partial charge in [0.25, 0.3) is 5.91 Å². The number of nitrogens with zero attached hydrogens (tertiary/aromatic N) is 1. The molecule has 1 aromatic carbocycles. The first-order valence-corrected chi connectivity index (χ1v) is 9.81. The quantitative estimate of drug-likeness (QED) is 0.676. The number of benzene rings is 1. The lowest BCUT2D eigenvalue weighted by Gasteiger charge is -2.31. The van der Waals surface area contributed by atoms with Gasteiger partial charge >= 0.3 is 0 Å². The van der Waals surface area contributed by atoms with E-state index in [0.717, 1.165) is 21.6 Å². The Labute approximate surface area is 150 Å². The first kappa shape index (κ1) is 19.4. The molecule has 0 unspecified atom stereocenters. The highest BCUT2D eigenvalue weighted by Gasteiger charge is 2.32. The van der Waals surface area contributed by atoms with Gasteiger partial charge in [0.1, 0.15) is 0 Å². The summed E-state index contributed by atoms with van der Waals surface area (Å²) in [4.78, 5) is 13.2. The minimum atomic E-state index is -3.51. The molecule has 1 aliphatic heterocycles. The van der Waals surface area contributed by atoms with Gasteiger partial charge in [-0.2, -0.15) is 4.31 Å². The monoisotopic (exact) mass is 364 g/mol. The van der Waals surface area contributed by atoms with Crippen molar-refractivity contribution in [3.05, 3.63) is 28.8 Å². The molecular weight excluding hydrogens is 338 g/mol. The third kappa shape index (κ3) is 4.60. The Bertz CT molecular complexity index is 765. The highest BCUT2D eigenvalue weighted by atomic mass is 32.2. The SMILES string of the molecule is C#CCNC(=O)C[NH+]1CCN(S(=O)(=O)c2c(C)cc(C)cc2C)CC1. The van der Waals surface area contributed by atoms with Gasteiger partial charge in [-0.3, -0.25) is 4.79 Å². The predicted molar refractivity (Wildman–Crippen MR) is 96.8 cm³/mol. The van der Waals surface area contributed by atoms with Crippen LogP contribution in [0.15, 0.2) is 17.0 Å². The predicted octanol–water partition coefficient (Wildman–Crippen LogP) is -0.750. The molecule has 1 heterocycles. The van der Waals surface area contributed by atoms with Crippen LogP contribution in [0.3, 0.4) is 0 Å². The number of piperazine rings is 1. The lowest BCUT2D eigenvalue weighted by Crippen LogP contribution is -3.15. The zero-order valence-corrected chi connectivity index (χ0v) is 15.9. The topological polar surface area (TPSA) is 70.9 Å². The molecule has 25 heavy (non-hydrogen) atoms. The third-order valence-electron chi connectivity index (χ3n) is 4.43. The first-order valence-electron chi connectivity index (χ1n) is 8.37. The van der Waals surface area contributed by atoms with Gasteiger partial charge in [-0.15, -0.1) is 6.42 Å². The molecule has 0 saturated carbocycles. The van der Waals surface area contributed by atoms with E-state index in [-0.39, 0.29) is 12.5 Å². The van der Waals surface area contributed by atoms with Gasteiger partial charge in [0.15, 0.2) is 6.54 Å². The van der Waals surface area contributed by atoms with Crippen molar-refractivity contribution in [2.24, 2.45) is 0 Å². The molecule has 0 aliphatic carbocycles. The lowest BCUT2D eigenvalue weighted by molar-refractivity contribution is -0.895. The largest absolute Gasteiger partial charge is 0.340 e. The first-order chi connectivity index (χ1) is 11.8. The molecule has 1 amide bonds. The molecule has 2 N–H and O–H groups in total. The van der Waals surface area contributed by atoms with Crippen molar-refractivity contribution in [1.82, 2.24) is 9.62 Å². The Morgan fingerprint density at radius 3 is 2.32 bits per heavy atom. The maximum atomic E-state index is 13.0. The molecule has 0 spiro atoms. The van der Waals surface area contributed by atoms with E-state index < -0.39 is 10.0 Å². The molecule has 1 aliphatic rings. The van der Waals surface area contributed by atoms with E-state index >= 15 is 0 Å². The van der Waals surface area contributed by atoms with Crippen LogP contribution in [0.1, 0.15) is 16.7 Å². The third-order valence-corrected chi connectivity index (χ3v) is 6.64. The molecule has 136 valence electrons. The van der Waals surface area contributed by atoms with E-state index in [1.54, 1.807) is 0 Å². The highest BCUT2D eigenvalue weighted by molar-refractivity contribution is 7.89. The summed E-state index contributed by atoms with van der Waals surface area (Å²) in [6.07, 6.45) is 5.12. The number of amides is 1. The van der Waals surface area contributed by atoms with Crippen LogP contribution in [0.2, 0.25) is 0 Å². The van der Waals surface area contributed by atoms with Gasteiger partial charge in [-0.25, -0.2) is 8.42 Å². The summed E-state index contributed by atoms with van der Waals surface area (Å²) in [5.41, 5.74) is 2.61. The standard InChI is InChI=1S/C18H25N3O3S/c1-5-6-19-17(22)13-20-7-9-21(10-8-20)25(23,24)18-15(3)11-14(2)12-16(18)4/h1,11-12H,6-10,13H2,2-4H3,(H,19,22)/p+1. The Hall–Kier alpha value is -1.88. The van der Waals surface area contributed by atoms with Crippen LogP contribution in [-0.4, -0.2) is 57.9 Å². The number of sulfonamides is 1. The van der Waals surface area contributed by atoms with Crippen molar-refractivity contribution in [2.45, 2.75) is 25.7 Å². The number of hydrogen-bond acceptors (Lipinski definition) is 3. The minimum Gasteiger partial charge on any atom is -0.340 e. The van der Waals surface area contributed by atoms with Crippen LogP contribution in [0.4, 0.5) is 0 Å². The molecule has 6 nitrogen and oxygen atoms in total. The molecule has 1 saturated heterocycles. The summed E-state index contributed by atoms with van der Waals surface area (Å²) in [5.74, 6) is 2.26. The maximum Gasteiger partial charge on any atom is 0.275 e. The van der Waals surface area contributed by atoms with Crippen molar-refractivity contribution in [2.75, 3.05) is 39.3 Å². The summed E-state index contributed by atoms with van der Waals surface area (Å²) >= 11 is 0. The lowest BCUT2D eigenvalue weighted by atomic mass is 10.1. The summed E-state index contributed by atoms with van der Waals surface area (Å²) in [6, 6.07) is 3.80. The van der Waals surface area contributed by atoms with Crippen LogP contribution in [0.5, 0.6) is 0 Å². The normalized spacial score (nSPS) is 16.4. The van der Waals surface area contributed by atoms with Crippen molar-refractivity contribution in [1.29, 1.82) is 0 Å². The molecular formula is C18H26N3O3S+. The van der Waals surface area contributed by atoms with Gasteiger partial charge < -0.3 is 10.2 Å². The van der Waals surface area contributed by atoms with Crippen LogP contribution >= 0.6 is 0 Å². The van der Waals surface area contributed by atoms with E-state index in [4.69, 9.17) is 6.42 Å². The zero-order chi connectivity index (χ0) is 18.6. The molecule has 1 aromatic rings. The molecule has 2 rings (SSSR count). The second-order valence-electron chi connectivity index (χ2n) is 6.54. The van der Waals surface area contributed by atoms with Crippen molar-refractivity contribution >= 4 is 15.9 Å². The highest BCUT2D eigenvalue weighted by Crippen LogP contribution is 2.25. The van der Waals surface area contributed by atoms with Crippen molar-refractivity contribution < 1.29 is 18.1 Å². The fourth-order valence-electron chi connectivity index (χ4n) is 3.36. The van der Waals surface area contributed by atoms with Gasteiger partial charge in [0.2, 0.25) is 10.0 Å². The van der Waals surface area contributed by atoms with Gasteiger partial charge in [0.05, 0.1) is 37.6 Å². The molecule has 0 bridgehead atoms. The number of terminal acetylenes is 1. The Balaban J connectivity index is 2.05. The summed E-state index contributed by atoms with van der Waals surface area (Å²) in [7, 11) is -3.51. The molecule has 0 atom stereocenters. The summed E-state index contributed by atoms with van der Waals surface area (Å²) in [6.45, 7) is 8.20. The number of quaternary nitrogens is 1. The number of nitrogens with one attached hydrogen (secondary N) is 2. The second-order valence-corrected chi connectivity index (χ2v) is 8.41. The van der Waals surface area contributed by atoms with Crippen LogP contribution in [0, 0.1) is 33.1 Å². The second kappa shape index (κ2) is 8.00. The smallest absolute Gasteiger partial charge is 0.275 e. The van der Waals surface area contributed by atoms with Gasteiger partial charge in [-0.05, 0) is 31.9 Å². The molecule has 1 fully saturated rings. The number of hydrogen-bond donors (Lipinski definition) is 2. The number of carbonyl (C=O) groups is 1. The van der Waals surface area contributed by atoms with Gasteiger partial charge in [0, 0.05) is 0 Å². The van der Waals surface area contributed by atoms with E-state index in [1.807, 2.05) is 32.9 Å². The Kier molecular flexibility index (Phi) is 6.22. The van der Waals surface area contributed by atoms with E-state index in [2.05, 4.69) is 11.2 Å². The fourth-order valence-corrected chi connectivity index (χ4v) is 5.21. The number of rotatable bonds is 5. The van der Waals surface area contributed by atoms with E-state index in [1.165, 1.54) is 4.31 Å². The van der Waals surface area contributed by atoms with Crippen molar-refractivity contribution in [3.63, 3.8) is 0 Å². The van der Waals surface area contributed by atoms with Gasteiger partial charge in [-0.1, -0.05) is 23.6 Å². The Morgan fingerprint density at radius 2 is 1.80 bits per heavy atom. The van der Waals surface area contributed by atoms with Crippen molar-refractivity contribution in [3.8, 4) is 12.3 Å². The van der Waals surface area contributed by atoms with E-state index in [9.17, 15) is 13.2 Å². The average Bonchev–Trinajstić information content (AvgIpc) is 2.52.